The first-order valence-corrected chi connectivity index (χ1v) is 8.55. The SMILES string of the molecule is Cc1cc(C#CCO)cc(C(=O)NCCCS(C)(=O)=O)c1. The van der Waals surface area contributed by atoms with Gasteiger partial charge in [0.1, 0.15) is 16.4 Å². The van der Waals surface area contributed by atoms with Gasteiger partial charge in [0.05, 0.1) is 5.75 Å². The summed E-state index contributed by atoms with van der Waals surface area (Å²) in [6.07, 6.45) is 1.55. The quantitative estimate of drug-likeness (QED) is 0.613. The van der Waals surface area contributed by atoms with Crippen LogP contribution in [-0.2, 0) is 9.84 Å². The molecule has 0 aliphatic heterocycles. The number of hydrogen-bond donors (Lipinski definition) is 2. The molecule has 0 aliphatic carbocycles. The van der Waals surface area contributed by atoms with Gasteiger partial charge in [-0.2, -0.15) is 0 Å². The van der Waals surface area contributed by atoms with E-state index < -0.39 is 9.84 Å². The number of carbonyl (C=O) groups excluding carboxylic acids is 1. The molecule has 0 heterocycles. The van der Waals surface area contributed by atoms with Crippen LogP contribution in [0.4, 0.5) is 0 Å². The molecule has 1 rings (SSSR count). The molecule has 0 fully saturated rings. The number of aliphatic hydroxyl groups excluding tert-OH is 1. The molecule has 21 heavy (non-hydrogen) atoms. The Bertz CT molecular complexity index is 669. The second-order valence-electron chi connectivity index (χ2n) is 4.79. The fourth-order valence-corrected chi connectivity index (χ4v) is 2.44. The van der Waals surface area contributed by atoms with Crippen LogP contribution in [0, 0.1) is 18.8 Å². The van der Waals surface area contributed by atoms with E-state index in [4.69, 9.17) is 5.11 Å². The average Bonchev–Trinajstić information content (AvgIpc) is 2.39. The van der Waals surface area contributed by atoms with E-state index in [9.17, 15) is 13.2 Å². The summed E-state index contributed by atoms with van der Waals surface area (Å²) in [5, 5.41) is 11.4. The largest absolute Gasteiger partial charge is 0.384 e. The van der Waals surface area contributed by atoms with Crippen LogP contribution in [0.2, 0.25) is 0 Å². The zero-order valence-electron chi connectivity index (χ0n) is 12.1. The van der Waals surface area contributed by atoms with Gasteiger partial charge in [-0.1, -0.05) is 11.8 Å². The van der Waals surface area contributed by atoms with Crippen LogP contribution in [0.5, 0.6) is 0 Å². The number of amides is 1. The highest BCUT2D eigenvalue weighted by Gasteiger charge is 2.07. The van der Waals surface area contributed by atoms with Crippen LogP contribution in [-0.4, -0.2) is 44.6 Å². The summed E-state index contributed by atoms with van der Waals surface area (Å²) in [7, 11) is -3.00. The first kappa shape index (κ1) is 17.2. The lowest BCUT2D eigenvalue weighted by molar-refractivity contribution is 0.0953. The van der Waals surface area contributed by atoms with Crippen LogP contribution in [0.25, 0.3) is 0 Å². The van der Waals surface area contributed by atoms with E-state index in [1.54, 1.807) is 12.1 Å². The van der Waals surface area contributed by atoms with Crippen molar-refractivity contribution in [2.45, 2.75) is 13.3 Å². The summed E-state index contributed by atoms with van der Waals surface area (Å²) in [6.45, 7) is 1.92. The monoisotopic (exact) mass is 309 g/mol. The molecule has 114 valence electrons. The van der Waals surface area contributed by atoms with E-state index in [-0.39, 0.29) is 18.3 Å². The lowest BCUT2D eigenvalue weighted by Gasteiger charge is -2.06. The zero-order chi connectivity index (χ0) is 15.9. The smallest absolute Gasteiger partial charge is 0.251 e. The van der Waals surface area contributed by atoms with Crippen LogP contribution in [0.1, 0.15) is 27.9 Å². The first-order chi connectivity index (χ1) is 9.81. The van der Waals surface area contributed by atoms with E-state index in [1.165, 1.54) is 6.26 Å². The number of nitrogens with one attached hydrogen (secondary N) is 1. The van der Waals surface area contributed by atoms with Crippen molar-refractivity contribution < 1.29 is 18.3 Å². The third-order valence-electron chi connectivity index (χ3n) is 2.63. The fraction of sp³-hybridized carbons (Fsp3) is 0.400. The molecule has 2 N–H and O–H groups in total. The van der Waals surface area contributed by atoms with Crippen molar-refractivity contribution in [2.75, 3.05) is 25.2 Å². The van der Waals surface area contributed by atoms with Crippen LogP contribution >= 0.6 is 0 Å². The van der Waals surface area contributed by atoms with Crippen molar-refractivity contribution in [2.24, 2.45) is 0 Å². The molecule has 5 nitrogen and oxygen atoms in total. The number of hydrogen-bond acceptors (Lipinski definition) is 4. The standard InChI is InChI=1S/C15H19NO4S/c1-12-9-13(5-3-7-17)11-14(10-12)15(18)16-6-4-8-21(2,19)20/h9-11,17H,4,6-8H2,1-2H3,(H,16,18). The summed E-state index contributed by atoms with van der Waals surface area (Å²) in [6, 6.07) is 5.20. The summed E-state index contributed by atoms with van der Waals surface area (Å²) < 4.78 is 22.0. The van der Waals surface area contributed by atoms with E-state index in [2.05, 4.69) is 17.2 Å². The Kier molecular flexibility index (Phi) is 6.40. The third kappa shape index (κ3) is 6.93. The minimum Gasteiger partial charge on any atom is -0.384 e. The highest BCUT2D eigenvalue weighted by molar-refractivity contribution is 7.90. The van der Waals surface area contributed by atoms with E-state index in [0.717, 1.165) is 5.56 Å². The maximum atomic E-state index is 12.0. The van der Waals surface area contributed by atoms with Crippen molar-refractivity contribution in [3.8, 4) is 11.8 Å². The molecular formula is C15H19NO4S. The minimum absolute atomic E-state index is 0.0499. The fourth-order valence-electron chi connectivity index (χ4n) is 1.77. The molecule has 0 saturated carbocycles. The van der Waals surface area contributed by atoms with Gasteiger partial charge in [0.2, 0.25) is 0 Å². The number of carbonyl (C=O) groups is 1. The van der Waals surface area contributed by atoms with Gasteiger partial charge in [0.25, 0.3) is 5.91 Å². The summed E-state index contributed by atoms with van der Waals surface area (Å²) >= 11 is 0. The van der Waals surface area contributed by atoms with Crippen molar-refractivity contribution in [1.29, 1.82) is 0 Å². The Balaban J connectivity index is 2.67. The van der Waals surface area contributed by atoms with Gasteiger partial charge in [-0.3, -0.25) is 4.79 Å². The molecule has 0 aromatic heterocycles. The van der Waals surface area contributed by atoms with Crippen molar-refractivity contribution >= 4 is 15.7 Å². The molecule has 0 bridgehead atoms. The Morgan fingerprint density at radius 1 is 1.33 bits per heavy atom. The van der Waals surface area contributed by atoms with Gasteiger partial charge in [-0.05, 0) is 37.1 Å². The normalized spacial score (nSPS) is 10.6. The van der Waals surface area contributed by atoms with Gasteiger partial charge in [0.15, 0.2) is 0 Å². The molecule has 0 unspecified atom stereocenters. The van der Waals surface area contributed by atoms with Crippen molar-refractivity contribution in [1.82, 2.24) is 5.32 Å². The predicted molar refractivity (Wildman–Crippen MR) is 81.8 cm³/mol. The van der Waals surface area contributed by atoms with Crippen LogP contribution in [0.15, 0.2) is 18.2 Å². The van der Waals surface area contributed by atoms with E-state index in [0.29, 0.717) is 24.1 Å². The molecule has 0 aliphatic rings. The summed E-state index contributed by atoms with van der Waals surface area (Å²) in [4.78, 5) is 12.0. The Morgan fingerprint density at radius 3 is 2.67 bits per heavy atom. The Labute approximate surface area is 125 Å². The lowest BCUT2D eigenvalue weighted by atomic mass is 10.1. The maximum Gasteiger partial charge on any atom is 0.251 e. The molecule has 0 radical (unpaired) electrons. The van der Waals surface area contributed by atoms with Gasteiger partial charge in [0, 0.05) is 23.9 Å². The molecule has 1 amide bonds. The van der Waals surface area contributed by atoms with Crippen molar-refractivity contribution in [3.05, 3.63) is 34.9 Å². The second-order valence-corrected chi connectivity index (χ2v) is 7.05. The molecular weight excluding hydrogens is 290 g/mol. The topological polar surface area (TPSA) is 83.5 Å². The number of aryl methyl sites for hydroxylation is 1. The molecule has 0 spiro atoms. The second kappa shape index (κ2) is 7.81. The molecule has 0 atom stereocenters. The van der Waals surface area contributed by atoms with Crippen LogP contribution in [0.3, 0.4) is 0 Å². The van der Waals surface area contributed by atoms with Gasteiger partial charge in [-0.15, -0.1) is 0 Å². The number of benzene rings is 1. The van der Waals surface area contributed by atoms with Crippen LogP contribution < -0.4 is 5.32 Å². The molecule has 1 aromatic rings. The molecule has 1 aromatic carbocycles. The number of rotatable bonds is 5. The first-order valence-electron chi connectivity index (χ1n) is 6.49. The summed E-state index contributed by atoms with van der Waals surface area (Å²) in [5.74, 6) is 5.08. The minimum atomic E-state index is -3.00. The van der Waals surface area contributed by atoms with E-state index >= 15 is 0 Å². The lowest BCUT2D eigenvalue weighted by Crippen LogP contribution is -2.26. The predicted octanol–water partition coefficient (Wildman–Crippen LogP) is 0.503. The summed E-state index contributed by atoms with van der Waals surface area (Å²) in [5.41, 5.74) is 2.02. The Hall–Kier alpha value is -1.84. The highest BCUT2D eigenvalue weighted by atomic mass is 32.2. The number of sulfone groups is 1. The van der Waals surface area contributed by atoms with Crippen molar-refractivity contribution in [3.63, 3.8) is 0 Å². The average molecular weight is 309 g/mol. The Morgan fingerprint density at radius 2 is 2.05 bits per heavy atom. The van der Waals surface area contributed by atoms with Gasteiger partial charge >= 0.3 is 0 Å². The third-order valence-corrected chi connectivity index (χ3v) is 3.66. The highest BCUT2D eigenvalue weighted by Crippen LogP contribution is 2.09. The van der Waals surface area contributed by atoms with Gasteiger partial charge in [-0.25, -0.2) is 8.42 Å². The zero-order valence-corrected chi connectivity index (χ0v) is 13.0. The van der Waals surface area contributed by atoms with Gasteiger partial charge < -0.3 is 10.4 Å². The van der Waals surface area contributed by atoms with E-state index in [1.807, 2.05) is 13.0 Å². The number of aliphatic hydroxyl groups is 1. The maximum absolute atomic E-state index is 12.0. The molecule has 0 saturated heterocycles. The molecule has 6 heteroatoms.